The Morgan fingerprint density at radius 2 is 2.00 bits per heavy atom. The Labute approximate surface area is 119 Å². The fourth-order valence-electron chi connectivity index (χ4n) is 2.36. The zero-order valence-corrected chi connectivity index (χ0v) is 12.3. The first-order chi connectivity index (χ1) is 8.75. The molecule has 2 nitrogen and oxygen atoms in total. The van der Waals surface area contributed by atoms with Gasteiger partial charge in [0.1, 0.15) is 0 Å². The summed E-state index contributed by atoms with van der Waals surface area (Å²) < 4.78 is 1.19. The SMILES string of the molecule is O=C(c1csc2ccccc12)N1CCC(Br)CC1. The maximum Gasteiger partial charge on any atom is 0.255 e. The highest BCUT2D eigenvalue weighted by Crippen LogP contribution is 2.28. The van der Waals surface area contributed by atoms with E-state index in [-0.39, 0.29) is 5.91 Å². The van der Waals surface area contributed by atoms with Gasteiger partial charge in [-0.15, -0.1) is 11.3 Å². The Morgan fingerprint density at radius 1 is 1.28 bits per heavy atom. The van der Waals surface area contributed by atoms with Crippen LogP contribution in [0.2, 0.25) is 0 Å². The lowest BCUT2D eigenvalue weighted by molar-refractivity contribution is 0.0731. The van der Waals surface area contributed by atoms with Gasteiger partial charge in [-0.2, -0.15) is 0 Å². The minimum Gasteiger partial charge on any atom is -0.339 e. The fraction of sp³-hybridized carbons (Fsp3) is 0.357. The minimum absolute atomic E-state index is 0.187. The number of alkyl halides is 1. The molecule has 1 fully saturated rings. The van der Waals surface area contributed by atoms with Gasteiger partial charge in [-0.05, 0) is 18.9 Å². The molecule has 1 aliphatic heterocycles. The summed E-state index contributed by atoms with van der Waals surface area (Å²) in [6.07, 6.45) is 2.10. The lowest BCUT2D eigenvalue weighted by Crippen LogP contribution is -2.38. The summed E-state index contributed by atoms with van der Waals surface area (Å²) in [7, 11) is 0. The van der Waals surface area contributed by atoms with Crippen molar-refractivity contribution in [2.45, 2.75) is 17.7 Å². The Hall–Kier alpha value is -0.870. The maximum atomic E-state index is 12.5. The first kappa shape index (κ1) is 12.2. The first-order valence-corrected chi connectivity index (χ1v) is 7.95. The quantitative estimate of drug-likeness (QED) is 0.729. The summed E-state index contributed by atoms with van der Waals surface area (Å²) >= 11 is 5.27. The largest absolute Gasteiger partial charge is 0.339 e. The van der Waals surface area contributed by atoms with Crippen LogP contribution in [0, 0.1) is 0 Å². The number of benzene rings is 1. The molecule has 0 aliphatic carbocycles. The zero-order valence-electron chi connectivity index (χ0n) is 9.93. The maximum absolute atomic E-state index is 12.5. The van der Waals surface area contributed by atoms with Crippen molar-refractivity contribution in [3.05, 3.63) is 35.2 Å². The molecule has 1 aromatic heterocycles. The van der Waals surface area contributed by atoms with E-state index in [0.29, 0.717) is 4.83 Å². The number of piperidine rings is 1. The van der Waals surface area contributed by atoms with Crippen molar-refractivity contribution in [1.82, 2.24) is 4.90 Å². The lowest BCUT2D eigenvalue weighted by Gasteiger charge is -2.29. The van der Waals surface area contributed by atoms with Crippen LogP contribution in [0.25, 0.3) is 10.1 Å². The number of nitrogens with zero attached hydrogens (tertiary/aromatic N) is 1. The van der Waals surface area contributed by atoms with E-state index in [4.69, 9.17) is 0 Å². The van der Waals surface area contributed by atoms with E-state index < -0.39 is 0 Å². The van der Waals surface area contributed by atoms with Crippen LogP contribution in [0.1, 0.15) is 23.2 Å². The molecule has 1 aliphatic rings. The number of fused-ring (bicyclic) bond motifs is 1. The molecule has 0 radical (unpaired) electrons. The molecule has 0 N–H and O–H groups in total. The number of rotatable bonds is 1. The van der Waals surface area contributed by atoms with E-state index in [1.54, 1.807) is 11.3 Å². The van der Waals surface area contributed by atoms with Crippen molar-refractivity contribution < 1.29 is 4.79 Å². The van der Waals surface area contributed by atoms with Gasteiger partial charge in [0.25, 0.3) is 5.91 Å². The van der Waals surface area contributed by atoms with Gasteiger partial charge < -0.3 is 4.90 Å². The highest BCUT2D eigenvalue weighted by atomic mass is 79.9. The van der Waals surface area contributed by atoms with Crippen LogP contribution < -0.4 is 0 Å². The Balaban J connectivity index is 1.88. The Morgan fingerprint density at radius 3 is 2.78 bits per heavy atom. The number of carbonyl (C=O) groups is 1. The van der Waals surface area contributed by atoms with E-state index in [1.807, 2.05) is 28.5 Å². The minimum atomic E-state index is 0.187. The van der Waals surface area contributed by atoms with Gasteiger partial charge in [0.2, 0.25) is 0 Å². The Kier molecular flexibility index (Phi) is 3.39. The number of hydrogen-bond donors (Lipinski definition) is 0. The Bertz CT molecular complexity index is 572. The molecule has 2 aromatic rings. The molecule has 1 amide bonds. The van der Waals surface area contributed by atoms with E-state index in [9.17, 15) is 4.79 Å². The van der Waals surface area contributed by atoms with Crippen LogP contribution in [0.5, 0.6) is 0 Å². The molecule has 0 bridgehead atoms. The molecule has 0 spiro atoms. The fourth-order valence-corrected chi connectivity index (χ4v) is 3.71. The lowest BCUT2D eigenvalue weighted by atomic mass is 10.1. The highest BCUT2D eigenvalue weighted by Gasteiger charge is 2.23. The predicted octanol–water partition coefficient (Wildman–Crippen LogP) is 3.90. The standard InChI is InChI=1S/C14H14BrNOS/c15-10-5-7-16(8-6-10)14(17)12-9-18-13-4-2-1-3-11(12)13/h1-4,9-10H,5-8H2. The van der Waals surface area contributed by atoms with E-state index >= 15 is 0 Å². The van der Waals surface area contributed by atoms with Crippen LogP contribution in [-0.4, -0.2) is 28.7 Å². The second-order valence-corrected chi connectivity index (χ2v) is 6.82. The average molecular weight is 324 g/mol. The van der Waals surface area contributed by atoms with Crippen LogP contribution in [0.15, 0.2) is 29.6 Å². The van der Waals surface area contributed by atoms with Gasteiger partial charge in [0.15, 0.2) is 0 Å². The van der Waals surface area contributed by atoms with Gasteiger partial charge in [-0.1, -0.05) is 34.1 Å². The van der Waals surface area contributed by atoms with Crippen molar-refractivity contribution in [1.29, 1.82) is 0 Å². The predicted molar refractivity (Wildman–Crippen MR) is 79.7 cm³/mol. The van der Waals surface area contributed by atoms with Crippen molar-refractivity contribution in [3.8, 4) is 0 Å². The molecule has 1 aromatic carbocycles. The molecule has 0 atom stereocenters. The van der Waals surface area contributed by atoms with Crippen molar-refractivity contribution >= 4 is 43.3 Å². The number of amides is 1. The number of hydrogen-bond acceptors (Lipinski definition) is 2. The summed E-state index contributed by atoms with van der Waals surface area (Å²) in [6, 6.07) is 8.12. The summed E-state index contributed by atoms with van der Waals surface area (Å²) in [5, 5.41) is 3.08. The average Bonchev–Trinajstić information content (AvgIpc) is 2.82. The van der Waals surface area contributed by atoms with Gasteiger partial charge in [0.05, 0.1) is 5.56 Å². The summed E-state index contributed by atoms with van der Waals surface area (Å²) in [5.41, 5.74) is 0.864. The molecular formula is C14H14BrNOS. The van der Waals surface area contributed by atoms with Crippen LogP contribution in [0.4, 0.5) is 0 Å². The van der Waals surface area contributed by atoms with Gasteiger partial charge in [-0.3, -0.25) is 4.79 Å². The number of thiophene rings is 1. The third kappa shape index (κ3) is 2.19. The third-order valence-electron chi connectivity index (χ3n) is 3.42. The molecule has 0 unspecified atom stereocenters. The van der Waals surface area contributed by atoms with Crippen LogP contribution >= 0.6 is 27.3 Å². The van der Waals surface area contributed by atoms with Crippen molar-refractivity contribution in [2.24, 2.45) is 0 Å². The van der Waals surface area contributed by atoms with Crippen LogP contribution in [0.3, 0.4) is 0 Å². The van der Waals surface area contributed by atoms with E-state index in [0.717, 1.165) is 36.9 Å². The first-order valence-electron chi connectivity index (χ1n) is 6.15. The molecule has 1 saturated heterocycles. The smallest absolute Gasteiger partial charge is 0.255 e. The van der Waals surface area contributed by atoms with E-state index in [2.05, 4.69) is 22.0 Å². The second kappa shape index (κ2) is 5.02. The summed E-state index contributed by atoms with van der Waals surface area (Å²) in [6.45, 7) is 1.72. The van der Waals surface area contributed by atoms with Crippen molar-refractivity contribution in [3.63, 3.8) is 0 Å². The number of carbonyl (C=O) groups excluding carboxylic acids is 1. The van der Waals surface area contributed by atoms with Gasteiger partial charge in [-0.25, -0.2) is 0 Å². The molecule has 18 heavy (non-hydrogen) atoms. The molecule has 2 heterocycles. The number of likely N-dealkylation sites (tertiary alicyclic amines) is 1. The topological polar surface area (TPSA) is 20.3 Å². The van der Waals surface area contributed by atoms with Gasteiger partial charge >= 0.3 is 0 Å². The monoisotopic (exact) mass is 323 g/mol. The summed E-state index contributed by atoms with van der Waals surface area (Å²) in [5.74, 6) is 0.187. The third-order valence-corrected chi connectivity index (χ3v) is 5.30. The second-order valence-electron chi connectivity index (χ2n) is 4.61. The highest BCUT2D eigenvalue weighted by molar-refractivity contribution is 9.09. The number of halogens is 1. The zero-order chi connectivity index (χ0) is 12.5. The van der Waals surface area contributed by atoms with Gasteiger partial charge in [0, 0.05) is 33.4 Å². The van der Waals surface area contributed by atoms with E-state index in [1.165, 1.54) is 4.70 Å². The molecule has 94 valence electrons. The molecule has 4 heteroatoms. The van der Waals surface area contributed by atoms with Crippen molar-refractivity contribution in [2.75, 3.05) is 13.1 Å². The molecule has 3 rings (SSSR count). The summed E-state index contributed by atoms with van der Waals surface area (Å²) in [4.78, 5) is 15.0. The normalized spacial score (nSPS) is 17.3. The molecular weight excluding hydrogens is 310 g/mol. The molecule has 0 saturated carbocycles. The van der Waals surface area contributed by atoms with Crippen LogP contribution in [-0.2, 0) is 0 Å².